The minimum atomic E-state index is 0.450. The van der Waals surface area contributed by atoms with Crippen LogP contribution in [0.25, 0.3) is 0 Å². The third-order valence-electron chi connectivity index (χ3n) is 3.37. The number of anilines is 1. The van der Waals surface area contributed by atoms with E-state index in [0.29, 0.717) is 4.99 Å². The third-order valence-corrected chi connectivity index (χ3v) is 4.35. The summed E-state index contributed by atoms with van der Waals surface area (Å²) in [5, 5.41) is 0. The molecule has 1 heterocycles. The van der Waals surface area contributed by atoms with Gasteiger partial charge in [0.05, 0.1) is 0 Å². The lowest BCUT2D eigenvalue weighted by atomic mass is 10.1. The molecular formula is C16H19N3S2. The normalized spacial score (nSPS) is 10.4. The van der Waals surface area contributed by atoms with Gasteiger partial charge >= 0.3 is 0 Å². The fourth-order valence-corrected chi connectivity index (χ4v) is 3.13. The van der Waals surface area contributed by atoms with Crippen LogP contribution in [-0.4, -0.2) is 29.8 Å². The van der Waals surface area contributed by atoms with Crippen LogP contribution in [0.3, 0.4) is 0 Å². The van der Waals surface area contributed by atoms with Gasteiger partial charge in [0.2, 0.25) is 0 Å². The molecular weight excluding hydrogens is 298 g/mol. The largest absolute Gasteiger partial charge is 0.389 e. The maximum absolute atomic E-state index is 5.92. The van der Waals surface area contributed by atoms with Crippen LogP contribution >= 0.6 is 24.0 Å². The van der Waals surface area contributed by atoms with Crippen molar-refractivity contribution in [3.63, 3.8) is 0 Å². The summed E-state index contributed by atoms with van der Waals surface area (Å²) in [6.07, 6.45) is 6.64. The zero-order valence-electron chi connectivity index (χ0n) is 12.2. The first-order valence-corrected chi connectivity index (χ1v) is 8.33. The van der Waals surface area contributed by atoms with E-state index in [1.807, 2.05) is 36.8 Å². The lowest BCUT2D eigenvalue weighted by Crippen LogP contribution is -2.24. The predicted octanol–water partition coefficient (Wildman–Crippen LogP) is 3.12. The first kappa shape index (κ1) is 15.8. The Kier molecular flexibility index (Phi) is 5.59. The Bertz CT molecular complexity index is 614. The number of thioether (sulfide) groups is 1. The Balaban J connectivity index is 2.19. The molecule has 5 heteroatoms. The molecule has 1 aromatic heterocycles. The molecule has 0 saturated heterocycles. The highest BCUT2D eigenvalue weighted by atomic mass is 32.2. The smallest absolute Gasteiger partial charge is 0.107 e. The van der Waals surface area contributed by atoms with Crippen LogP contribution in [0.2, 0.25) is 0 Å². The van der Waals surface area contributed by atoms with Crippen molar-refractivity contribution in [1.29, 1.82) is 0 Å². The van der Waals surface area contributed by atoms with Gasteiger partial charge in [0, 0.05) is 42.1 Å². The van der Waals surface area contributed by atoms with Gasteiger partial charge in [0.15, 0.2) is 0 Å². The zero-order chi connectivity index (χ0) is 15.2. The fraction of sp³-hybridized carbons (Fsp3) is 0.250. The molecule has 3 nitrogen and oxygen atoms in total. The minimum absolute atomic E-state index is 0.450. The number of benzene rings is 1. The van der Waals surface area contributed by atoms with Crippen LogP contribution in [0.5, 0.6) is 0 Å². The molecule has 0 amide bonds. The molecule has 110 valence electrons. The molecule has 0 atom stereocenters. The van der Waals surface area contributed by atoms with Crippen molar-refractivity contribution >= 4 is 34.7 Å². The first-order chi connectivity index (χ1) is 10.1. The van der Waals surface area contributed by atoms with E-state index in [0.717, 1.165) is 29.1 Å². The molecule has 2 N–H and O–H groups in total. The van der Waals surface area contributed by atoms with Gasteiger partial charge in [0.1, 0.15) is 4.99 Å². The molecule has 21 heavy (non-hydrogen) atoms. The van der Waals surface area contributed by atoms with Crippen LogP contribution in [0.4, 0.5) is 5.69 Å². The Labute approximate surface area is 135 Å². The van der Waals surface area contributed by atoms with Crippen molar-refractivity contribution < 1.29 is 0 Å². The van der Waals surface area contributed by atoms with E-state index >= 15 is 0 Å². The highest BCUT2D eigenvalue weighted by Gasteiger charge is 2.13. The summed E-state index contributed by atoms with van der Waals surface area (Å²) >= 11 is 6.90. The number of thiocarbonyl (C=S) groups is 1. The average molecular weight is 317 g/mol. The number of likely N-dealkylation sites (N-methyl/N-ethyl adjacent to an activating group) is 1. The lowest BCUT2D eigenvalue weighted by Gasteiger charge is -2.23. The summed E-state index contributed by atoms with van der Waals surface area (Å²) in [5.41, 5.74) is 9.25. The van der Waals surface area contributed by atoms with Gasteiger partial charge in [-0.2, -0.15) is 0 Å². The third kappa shape index (κ3) is 3.95. The minimum Gasteiger partial charge on any atom is -0.389 e. The Morgan fingerprint density at radius 1 is 1.29 bits per heavy atom. The highest BCUT2D eigenvalue weighted by molar-refractivity contribution is 7.98. The Morgan fingerprint density at radius 3 is 2.62 bits per heavy atom. The standard InChI is InChI=1S/C16H19N3S2/c1-19(11-8-12-6-9-18-10-7-12)13-4-3-5-14(21-2)15(13)16(17)20/h3-7,9-10H,8,11H2,1-2H3,(H2,17,20). The van der Waals surface area contributed by atoms with E-state index < -0.39 is 0 Å². The Morgan fingerprint density at radius 2 is 2.00 bits per heavy atom. The second-order valence-electron chi connectivity index (χ2n) is 4.75. The number of rotatable bonds is 6. The van der Waals surface area contributed by atoms with Crippen molar-refractivity contribution in [2.75, 3.05) is 24.7 Å². The lowest BCUT2D eigenvalue weighted by molar-refractivity contribution is 0.872. The number of aromatic nitrogens is 1. The molecule has 0 saturated carbocycles. The molecule has 0 aliphatic rings. The number of nitrogens with two attached hydrogens (primary N) is 1. The molecule has 0 aliphatic carbocycles. The molecule has 0 radical (unpaired) electrons. The van der Waals surface area contributed by atoms with E-state index in [4.69, 9.17) is 18.0 Å². The van der Waals surface area contributed by atoms with Crippen molar-refractivity contribution in [1.82, 2.24) is 4.98 Å². The number of pyridine rings is 1. The first-order valence-electron chi connectivity index (χ1n) is 6.70. The van der Waals surface area contributed by atoms with Gasteiger partial charge in [-0.1, -0.05) is 18.3 Å². The zero-order valence-corrected chi connectivity index (χ0v) is 13.9. The molecule has 2 aromatic rings. The Hall–Kier alpha value is -1.59. The summed E-state index contributed by atoms with van der Waals surface area (Å²) in [4.78, 5) is 7.81. The summed E-state index contributed by atoms with van der Waals surface area (Å²) in [6.45, 7) is 0.900. The number of hydrogen-bond acceptors (Lipinski definition) is 4. The fourth-order valence-electron chi connectivity index (χ4n) is 2.22. The second-order valence-corrected chi connectivity index (χ2v) is 6.03. The van der Waals surface area contributed by atoms with Crippen LogP contribution in [-0.2, 0) is 6.42 Å². The summed E-state index contributed by atoms with van der Waals surface area (Å²) < 4.78 is 0. The SMILES string of the molecule is CSc1cccc(N(C)CCc2ccncc2)c1C(N)=S. The highest BCUT2D eigenvalue weighted by Crippen LogP contribution is 2.29. The monoisotopic (exact) mass is 317 g/mol. The quantitative estimate of drug-likeness (QED) is 0.655. The molecule has 0 aliphatic heterocycles. The van der Waals surface area contributed by atoms with Gasteiger partial charge in [-0.15, -0.1) is 11.8 Å². The van der Waals surface area contributed by atoms with E-state index in [2.05, 4.69) is 29.1 Å². The predicted molar refractivity (Wildman–Crippen MR) is 95.3 cm³/mol. The van der Waals surface area contributed by atoms with Gasteiger partial charge in [0.25, 0.3) is 0 Å². The van der Waals surface area contributed by atoms with Gasteiger partial charge in [-0.3, -0.25) is 4.98 Å². The van der Waals surface area contributed by atoms with Crippen LogP contribution < -0.4 is 10.6 Å². The van der Waals surface area contributed by atoms with Crippen molar-refractivity contribution in [3.05, 3.63) is 53.9 Å². The maximum Gasteiger partial charge on any atom is 0.107 e. The van der Waals surface area contributed by atoms with E-state index in [1.165, 1.54) is 5.56 Å². The average Bonchev–Trinajstić information content (AvgIpc) is 2.52. The van der Waals surface area contributed by atoms with Crippen molar-refractivity contribution in [2.45, 2.75) is 11.3 Å². The van der Waals surface area contributed by atoms with Crippen LogP contribution in [0, 0.1) is 0 Å². The summed E-state index contributed by atoms with van der Waals surface area (Å²) in [5.74, 6) is 0. The van der Waals surface area contributed by atoms with Gasteiger partial charge in [-0.05, 0) is 42.5 Å². The molecule has 2 rings (SSSR count). The molecule has 0 spiro atoms. The number of nitrogens with zero attached hydrogens (tertiary/aromatic N) is 2. The maximum atomic E-state index is 5.92. The van der Waals surface area contributed by atoms with Gasteiger partial charge in [-0.25, -0.2) is 0 Å². The van der Waals surface area contributed by atoms with Crippen molar-refractivity contribution in [3.8, 4) is 0 Å². The van der Waals surface area contributed by atoms with E-state index in [-0.39, 0.29) is 0 Å². The molecule has 0 unspecified atom stereocenters. The second kappa shape index (κ2) is 7.43. The molecule has 1 aromatic carbocycles. The topological polar surface area (TPSA) is 42.2 Å². The van der Waals surface area contributed by atoms with E-state index in [1.54, 1.807) is 11.8 Å². The summed E-state index contributed by atoms with van der Waals surface area (Å²) in [6, 6.07) is 10.3. The molecule has 0 bridgehead atoms. The number of hydrogen-bond donors (Lipinski definition) is 1. The van der Waals surface area contributed by atoms with Crippen molar-refractivity contribution in [2.24, 2.45) is 5.73 Å². The van der Waals surface area contributed by atoms with Crippen LogP contribution in [0.15, 0.2) is 47.6 Å². The van der Waals surface area contributed by atoms with Crippen LogP contribution in [0.1, 0.15) is 11.1 Å². The van der Waals surface area contributed by atoms with Gasteiger partial charge < -0.3 is 10.6 Å². The molecule has 0 fully saturated rings. The summed E-state index contributed by atoms with van der Waals surface area (Å²) in [7, 11) is 2.07. The van der Waals surface area contributed by atoms with E-state index in [9.17, 15) is 0 Å².